The molecule has 2 aromatic rings. The minimum atomic E-state index is -0.478. The molecule has 0 unspecified atom stereocenters. The summed E-state index contributed by atoms with van der Waals surface area (Å²) in [5.41, 5.74) is 3.41. The third-order valence-corrected chi connectivity index (χ3v) is 7.13. The minimum absolute atomic E-state index is 0.00790. The number of carbonyl (C=O) groups is 2. The van der Waals surface area contributed by atoms with Crippen molar-refractivity contribution in [1.29, 1.82) is 0 Å². The largest absolute Gasteiger partial charge is 0.352 e. The summed E-state index contributed by atoms with van der Waals surface area (Å²) in [7, 11) is 0. The molecule has 0 bridgehead atoms. The molecule has 2 amide bonds. The van der Waals surface area contributed by atoms with Gasteiger partial charge in [0.25, 0.3) is 0 Å². The van der Waals surface area contributed by atoms with Crippen LogP contribution in [0, 0.1) is 0 Å². The van der Waals surface area contributed by atoms with Gasteiger partial charge >= 0.3 is 0 Å². The second-order valence-corrected chi connectivity index (χ2v) is 10.2. The van der Waals surface area contributed by atoms with E-state index in [0.717, 1.165) is 36.8 Å². The molecule has 1 aliphatic carbocycles. The molecule has 0 aromatic heterocycles. The molecule has 3 rings (SSSR count). The lowest BCUT2D eigenvalue weighted by Gasteiger charge is -2.33. The Hall–Kier alpha value is -2.33. The molecular weight excluding hydrogens is 444 g/mol. The molecule has 1 N–H and O–H groups in total. The van der Waals surface area contributed by atoms with Gasteiger partial charge in [0.05, 0.1) is 0 Å². The van der Waals surface area contributed by atoms with Gasteiger partial charge in [-0.15, -0.1) is 0 Å². The fourth-order valence-corrected chi connectivity index (χ4v) is 4.84. The zero-order valence-electron chi connectivity index (χ0n) is 20.9. The standard InChI is InChI=1S/C29H39ClN2O2/c1-4-27(29(34)31-26-8-6-5-7-9-26)32(20-23-12-17-25(30)18-13-23)28(33)19-14-22-10-15-24(16-11-22)21(2)3/h10-13,15-18,21,26-27H,4-9,14,19-20H2,1-3H3,(H,31,34)/t27-/m1/s1. The molecule has 0 heterocycles. The maximum absolute atomic E-state index is 13.5. The van der Waals surface area contributed by atoms with E-state index in [2.05, 4.69) is 43.4 Å². The molecule has 184 valence electrons. The first kappa shape index (κ1) is 26.3. The monoisotopic (exact) mass is 482 g/mol. The number of benzene rings is 2. The van der Waals surface area contributed by atoms with E-state index in [-0.39, 0.29) is 17.9 Å². The number of aryl methyl sites for hydroxylation is 1. The van der Waals surface area contributed by atoms with Gasteiger partial charge in [0.1, 0.15) is 6.04 Å². The topological polar surface area (TPSA) is 49.4 Å². The van der Waals surface area contributed by atoms with Crippen molar-refractivity contribution in [3.8, 4) is 0 Å². The van der Waals surface area contributed by atoms with E-state index in [4.69, 9.17) is 11.6 Å². The van der Waals surface area contributed by atoms with Gasteiger partial charge in [-0.2, -0.15) is 0 Å². The van der Waals surface area contributed by atoms with Crippen LogP contribution in [-0.4, -0.2) is 28.8 Å². The van der Waals surface area contributed by atoms with Crippen molar-refractivity contribution in [3.05, 3.63) is 70.2 Å². The van der Waals surface area contributed by atoms with Crippen LogP contribution >= 0.6 is 11.6 Å². The number of hydrogen-bond donors (Lipinski definition) is 1. The molecule has 1 fully saturated rings. The lowest BCUT2D eigenvalue weighted by molar-refractivity contribution is -0.141. The summed E-state index contributed by atoms with van der Waals surface area (Å²) in [6, 6.07) is 15.8. The molecule has 0 saturated heterocycles. The van der Waals surface area contributed by atoms with E-state index in [1.165, 1.54) is 12.0 Å². The Morgan fingerprint density at radius 2 is 1.59 bits per heavy atom. The van der Waals surface area contributed by atoms with Gasteiger partial charge in [0.2, 0.25) is 11.8 Å². The van der Waals surface area contributed by atoms with Crippen molar-refractivity contribution in [2.24, 2.45) is 0 Å². The molecule has 0 radical (unpaired) electrons. The maximum atomic E-state index is 13.5. The number of nitrogens with zero attached hydrogens (tertiary/aromatic N) is 1. The molecule has 5 heteroatoms. The predicted octanol–water partition coefficient (Wildman–Crippen LogP) is 6.65. The van der Waals surface area contributed by atoms with Gasteiger partial charge in [-0.3, -0.25) is 9.59 Å². The highest BCUT2D eigenvalue weighted by molar-refractivity contribution is 6.30. The van der Waals surface area contributed by atoms with Gasteiger partial charge in [0, 0.05) is 24.0 Å². The zero-order chi connectivity index (χ0) is 24.5. The van der Waals surface area contributed by atoms with E-state index < -0.39 is 6.04 Å². The zero-order valence-corrected chi connectivity index (χ0v) is 21.6. The summed E-state index contributed by atoms with van der Waals surface area (Å²) in [6.45, 7) is 6.74. The maximum Gasteiger partial charge on any atom is 0.243 e. The van der Waals surface area contributed by atoms with Crippen molar-refractivity contribution in [2.45, 2.75) is 96.7 Å². The van der Waals surface area contributed by atoms with Gasteiger partial charge in [-0.25, -0.2) is 0 Å². The Balaban J connectivity index is 1.73. The summed E-state index contributed by atoms with van der Waals surface area (Å²) in [5, 5.41) is 3.90. The number of carbonyl (C=O) groups excluding carboxylic acids is 2. The number of amides is 2. The Bertz CT molecular complexity index is 918. The van der Waals surface area contributed by atoms with Crippen LogP contribution in [-0.2, 0) is 22.6 Å². The fourth-order valence-electron chi connectivity index (χ4n) is 4.71. The highest BCUT2D eigenvalue weighted by Crippen LogP contribution is 2.21. The average Bonchev–Trinajstić information content (AvgIpc) is 2.84. The Kier molecular flexibility index (Phi) is 10.0. The van der Waals surface area contributed by atoms with E-state index in [0.29, 0.717) is 36.7 Å². The Morgan fingerprint density at radius 3 is 2.18 bits per heavy atom. The van der Waals surface area contributed by atoms with Crippen molar-refractivity contribution in [3.63, 3.8) is 0 Å². The number of nitrogens with one attached hydrogen (secondary N) is 1. The summed E-state index contributed by atoms with van der Waals surface area (Å²) < 4.78 is 0. The van der Waals surface area contributed by atoms with E-state index in [1.807, 2.05) is 31.2 Å². The summed E-state index contributed by atoms with van der Waals surface area (Å²) in [4.78, 5) is 28.5. The molecule has 4 nitrogen and oxygen atoms in total. The third kappa shape index (κ3) is 7.59. The molecular formula is C29H39ClN2O2. The van der Waals surface area contributed by atoms with Crippen LogP contribution in [0.4, 0.5) is 0 Å². The first-order valence-electron chi connectivity index (χ1n) is 12.8. The summed E-state index contributed by atoms with van der Waals surface area (Å²) in [5.74, 6) is 0.463. The van der Waals surface area contributed by atoms with Gasteiger partial charge < -0.3 is 10.2 Å². The predicted molar refractivity (Wildman–Crippen MR) is 140 cm³/mol. The summed E-state index contributed by atoms with van der Waals surface area (Å²) in [6.07, 6.45) is 7.23. The number of hydrogen-bond acceptors (Lipinski definition) is 2. The molecule has 34 heavy (non-hydrogen) atoms. The second-order valence-electron chi connectivity index (χ2n) is 9.81. The molecule has 0 aliphatic heterocycles. The smallest absolute Gasteiger partial charge is 0.243 e. The van der Waals surface area contributed by atoms with E-state index in [1.54, 1.807) is 4.90 Å². The van der Waals surface area contributed by atoms with Crippen LogP contribution in [0.5, 0.6) is 0 Å². The SMILES string of the molecule is CC[C@H](C(=O)NC1CCCCC1)N(Cc1ccc(Cl)cc1)C(=O)CCc1ccc(C(C)C)cc1. The molecule has 2 aromatic carbocycles. The lowest BCUT2D eigenvalue weighted by Crippen LogP contribution is -2.51. The number of rotatable bonds is 10. The highest BCUT2D eigenvalue weighted by atomic mass is 35.5. The summed E-state index contributed by atoms with van der Waals surface area (Å²) >= 11 is 6.06. The van der Waals surface area contributed by atoms with E-state index in [9.17, 15) is 9.59 Å². The first-order chi connectivity index (χ1) is 16.4. The molecule has 1 saturated carbocycles. The minimum Gasteiger partial charge on any atom is -0.352 e. The first-order valence-corrected chi connectivity index (χ1v) is 13.2. The molecule has 0 spiro atoms. The molecule has 1 atom stereocenters. The van der Waals surface area contributed by atoms with Crippen LogP contribution in [0.25, 0.3) is 0 Å². The van der Waals surface area contributed by atoms with Crippen LogP contribution < -0.4 is 5.32 Å². The van der Waals surface area contributed by atoms with Crippen LogP contribution in [0.2, 0.25) is 5.02 Å². The van der Waals surface area contributed by atoms with Crippen LogP contribution in [0.1, 0.15) is 88.3 Å². The van der Waals surface area contributed by atoms with Crippen molar-refractivity contribution in [2.75, 3.05) is 0 Å². The molecule has 1 aliphatic rings. The van der Waals surface area contributed by atoms with Crippen molar-refractivity contribution < 1.29 is 9.59 Å². The Labute approximate surface area is 210 Å². The normalized spacial score (nSPS) is 15.2. The van der Waals surface area contributed by atoms with Gasteiger partial charge in [-0.05, 0) is 60.4 Å². The van der Waals surface area contributed by atoms with E-state index >= 15 is 0 Å². The van der Waals surface area contributed by atoms with Gasteiger partial charge in [-0.1, -0.05) is 88.0 Å². The fraction of sp³-hybridized carbons (Fsp3) is 0.517. The number of halogens is 1. The Morgan fingerprint density at radius 1 is 0.971 bits per heavy atom. The van der Waals surface area contributed by atoms with Crippen molar-refractivity contribution >= 4 is 23.4 Å². The quantitative estimate of drug-likeness (QED) is 0.412. The lowest BCUT2D eigenvalue weighted by atomic mass is 9.95. The van der Waals surface area contributed by atoms with Crippen LogP contribution in [0.15, 0.2) is 48.5 Å². The van der Waals surface area contributed by atoms with Crippen molar-refractivity contribution in [1.82, 2.24) is 10.2 Å². The third-order valence-electron chi connectivity index (χ3n) is 6.88. The van der Waals surface area contributed by atoms with Crippen LogP contribution in [0.3, 0.4) is 0 Å². The average molecular weight is 483 g/mol. The van der Waals surface area contributed by atoms with Gasteiger partial charge in [0.15, 0.2) is 0 Å². The highest BCUT2D eigenvalue weighted by Gasteiger charge is 2.30. The second kappa shape index (κ2) is 12.9.